The number of fused-ring (bicyclic) bond motifs is 1. The molecule has 1 saturated heterocycles. The van der Waals surface area contributed by atoms with Crippen molar-refractivity contribution >= 4 is 17.0 Å². The van der Waals surface area contributed by atoms with Gasteiger partial charge in [-0.1, -0.05) is 13.0 Å². The number of benzene rings is 1. The summed E-state index contributed by atoms with van der Waals surface area (Å²) in [4.78, 5) is 29.7. The highest BCUT2D eigenvalue weighted by Crippen LogP contribution is 2.28. The molecule has 4 rings (SSSR count). The minimum Gasteiger partial charge on any atom is -0.462 e. The number of esters is 1. The standard InChI is InChI=1S/C28H38N4O4/c1-6-23(28(34)36-18(2)3)29-14-20-9-10-25-24(13-20)30-26(22-12-19(4)27(33)31(5)16-22)32(25)15-21-8-7-11-35-17-21/h9-10,12-13,16,18,21,23,29H,6-8,11,14-15,17H2,1-5H3. The summed E-state index contributed by atoms with van der Waals surface area (Å²) in [6.07, 6.45) is 4.57. The van der Waals surface area contributed by atoms with E-state index >= 15 is 0 Å². The molecule has 0 amide bonds. The van der Waals surface area contributed by atoms with E-state index in [0.29, 0.717) is 24.4 Å². The van der Waals surface area contributed by atoms with E-state index in [9.17, 15) is 9.59 Å². The smallest absolute Gasteiger partial charge is 0.323 e. The molecule has 8 heteroatoms. The molecule has 3 aromatic rings. The van der Waals surface area contributed by atoms with E-state index in [4.69, 9.17) is 14.5 Å². The Morgan fingerprint density at radius 1 is 1.31 bits per heavy atom. The number of nitrogens with one attached hydrogen (secondary N) is 1. The van der Waals surface area contributed by atoms with Crippen LogP contribution < -0.4 is 10.9 Å². The molecule has 1 aliphatic rings. The monoisotopic (exact) mass is 494 g/mol. The molecule has 0 bridgehead atoms. The summed E-state index contributed by atoms with van der Waals surface area (Å²) >= 11 is 0. The summed E-state index contributed by atoms with van der Waals surface area (Å²) in [7, 11) is 1.78. The van der Waals surface area contributed by atoms with Crippen molar-refractivity contribution in [1.29, 1.82) is 0 Å². The summed E-state index contributed by atoms with van der Waals surface area (Å²) in [5.74, 6) is 1.05. The van der Waals surface area contributed by atoms with Gasteiger partial charge in [-0.2, -0.15) is 0 Å². The van der Waals surface area contributed by atoms with Gasteiger partial charge in [-0.15, -0.1) is 0 Å². The molecule has 3 heterocycles. The van der Waals surface area contributed by atoms with Crippen LogP contribution in [0, 0.1) is 12.8 Å². The van der Waals surface area contributed by atoms with E-state index in [1.165, 1.54) is 0 Å². The molecule has 0 aliphatic carbocycles. The first-order chi connectivity index (χ1) is 17.3. The molecule has 0 saturated carbocycles. The molecule has 2 unspecified atom stereocenters. The van der Waals surface area contributed by atoms with Gasteiger partial charge >= 0.3 is 5.97 Å². The highest BCUT2D eigenvalue weighted by atomic mass is 16.5. The second-order valence-electron chi connectivity index (χ2n) is 10.1. The predicted molar refractivity (Wildman–Crippen MR) is 141 cm³/mol. The van der Waals surface area contributed by atoms with Gasteiger partial charge in [0.15, 0.2) is 0 Å². The van der Waals surface area contributed by atoms with Crippen molar-refractivity contribution in [3.05, 3.63) is 51.9 Å². The van der Waals surface area contributed by atoms with Crippen molar-refractivity contribution in [3.63, 3.8) is 0 Å². The third kappa shape index (κ3) is 5.87. The Labute approximate surface area is 212 Å². The average molecular weight is 495 g/mol. The molecule has 2 atom stereocenters. The molecule has 1 aromatic carbocycles. The van der Waals surface area contributed by atoms with Crippen molar-refractivity contribution in [2.24, 2.45) is 13.0 Å². The fourth-order valence-corrected chi connectivity index (χ4v) is 4.85. The lowest BCUT2D eigenvalue weighted by molar-refractivity contribution is -0.150. The van der Waals surface area contributed by atoms with E-state index in [0.717, 1.165) is 60.6 Å². The fourth-order valence-electron chi connectivity index (χ4n) is 4.85. The lowest BCUT2D eigenvalue weighted by atomic mass is 10.0. The van der Waals surface area contributed by atoms with Gasteiger partial charge in [-0.3, -0.25) is 9.59 Å². The number of hydrogen-bond donors (Lipinski definition) is 1. The van der Waals surface area contributed by atoms with Crippen LogP contribution in [-0.4, -0.2) is 45.4 Å². The molecule has 194 valence electrons. The minimum absolute atomic E-state index is 0.00285. The van der Waals surface area contributed by atoms with Crippen LogP contribution in [0.2, 0.25) is 0 Å². The van der Waals surface area contributed by atoms with Gasteiger partial charge < -0.3 is 23.9 Å². The van der Waals surface area contributed by atoms with Crippen LogP contribution in [0.1, 0.15) is 51.2 Å². The lowest BCUT2D eigenvalue weighted by Gasteiger charge is -2.23. The van der Waals surface area contributed by atoms with E-state index < -0.39 is 0 Å². The van der Waals surface area contributed by atoms with Gasteiger partial charge in [0.25, 0.3) is 5.56 Å². The van der Waals surface area contributed by atoms with Gasteiger partial charge in [0.2, 0.25) is 0 Å². The predicted octanol–water partition coefficient (Wildman–Crippen LogP) is 3.96. The third-order valence-electron chi connectivity index (χ3n) is 6.73. The van der Waals surface area contributed by atoms with Crippen LogP contribution in [0.25, 0.3) is 22.4 Å². The fraction of sp³-hybridized carbons (Fsp3) is 0.536. The highest BCUT2D eigenvalue weighted by molar-refractivity contribution is 5.81. The molecule has 0 spiro atoms. The Bertz CT molecular complexity index is 1240. The normalized spacial score (nSPS) is 17.0. The molecule has 1 fully saturated rings. The van der Waals surface area contributed by atoms with Crippen LogP contribution in [0.15, 0.2) is 35.3 Å². The van der Waals surface area contributed by atoms with Gasteiger partial charge in [0.1, 0.15) is 11.9 Å². The topological polar surface area (TPSA) is 87.4 Å². The Balaban J connectivity index is 1.66. The Morgan fingerprint density at radius 3 is 2.78 bits per heavy atom. The number of rotatable bonds is 9. The zero-order chi connectivity index (χ0) is 25.8. The van der Waals surface area contributed by atoms with Gasteiger partial charge in [0.05, 0.1) is 23.7 Å². The summed E-state index contributed by atoms with van der Waals surface area (Å²) in [6.45, 7) is 10.5. The van der Waals surface area contributed by atoms with Crippen molar-refractivity contribution in [1.82, 2.24) is 19.4 Å². The number of aryl methyl sites for hydroxylation is 2. The Morgan fingerprint density at radius 2 is 2.11 bits per heavy atom. The van der Waals surface area contributed by atoms with Crippen molar-refractivity contribution < 1.29 is 14.3 Å². The molecular weight excluding hydrogens is 456 g/mol. The maximum atomic E-state index is 12.4. The maximum Gasteiger partial charge on any atom is 0.323 e. The minimum atomic E-state index is -0.351. The van der Waals surface area contributed by atoms with E-state index in [2.05, 4.69) is 28.1 Å². The summed E-state index contributed by atoms with van der Waals surface area (Å²) < 4.78 is 15.0. The summed E-state index contributed by atoms with van der Waals surface area (Å²) in [5.41, 5.74) is 4.61. The number of ether oxygens (including phenoxy) is 2. The quantitative estimate of drug-likeness (QED) is 0.453. The number of nitrogens with zero attached hydrogens (tertiary/aromatic N) is 3. The van der Waals surface area contributed by atoms with Crippen LogP contribution in [0.3, 0.4) is 0 Å². The van der Waals surface area contributed by atoms with Crippen LogP contribution in [0.4, 0.5) is 0 Å². The Hall–Kier alpha value is -2.97. The number of hydrogen-bond acceptors (Lipinski definition) is 6. The number of carbonyl (C=O) groups is 1. The highest BCUT2D eigenvalue weighted by Gasteiger charge is 2.22. The first kappa shape index (κ1) is 26.1. The first-order valence-corrected chi connectivity index (χ1v) is 12.9. The molecular formula is C28H38N4O4. The molecule has 0 radical (unpaired) electrons. The van der Waals surface area contributed by atoms with E-state index in [1.807, 2.05) is 40.0 Å². The number of imidazole rings is 1. The lowest BCUT2D eigenvalue weighted by Crippen LogP contribution is -2.38. The molecule has 36 heavy (non-hydrogen) atoms. The molecule has 8 nitrogen and oxygen atoms in total. The average Bonchev–Trinajstić information content (AvgIpc) is 3.20. The molecule has 1 N–H and O–H groups in total. The van der Waals surface area contributed by atoms with Gasteiger partial charge in [-0.25, -0.2) is 4.98 Å². The number of pyridine rings is 1. The van der Waals surface area contributed by atoms with Crippen LogP contribution in [-0.2, 0) is 34.4 Å². The maximum absolute atomic E-state index is 12.4. The third-order valence-corrected chi connectivity index (χ3v) is 6.73. The number of carbonyl (C=O) groups excluding carboxylic acids is 1. The first-order valence-electron chi connectivity index (χ1n) is 12.9. The SMILES string of the molecule is CCC(NCc1ccc2c(c1)nc(-c1cc(C)c(=O)n(C)c1)n2CC1CCCOC1)C(=O)OC(C)C. The summed E-state index contributed by atoms with van der Waals surface area (Å²) in [6, 6.07) is 7.84. The second-order valence-corrected chi connectivity index (χ2v) is 10.1. The Kier molecular flexibility index (Phi) is 8.26. The van der Waals surface area contributed by atoms with E-state index in [1.54, 1.807) is 11.6 Å². The zero-order valence-electron chi connectivity index (χ0n) is 22.0. The van der Waals surface area contributed by atoms with Gasteiger partial charge in [0, 0.05) is 50.0 Å². The zero-order valence-corrected chi connectivity index (χ0v) is 22.0. The molecule has 2 aromatic heterocycles. The van der Waals surface area contributed by atoms with Crippen LogP contribution >= 0.6 is 0 Å². The second kappa shape index (κ2) is 11.4. The molecule has 1 aliphatic heterocycles. The van der Waals surface area contributed by atoms with Crippen molar-refractivity contribution in [2.45, 2.75) is 72.2 Å². The van der Waals surface area contributed by atoms with Crippen molar-refractivity contribution in [2.75, 3.05) is 13.2 Å². The number of aromatic nitrogens is 3. The summed E-state index contributed by atoms with van der Waals surface area (Å²) in [5, 5.41) is 3.33. The largest absolute Gasteiger partial charge is 0.462 e. The van der Waals surface area contributed by atoms with Crippen molar-refractivity contribution in [3.8, 4) is 11.4 Å². The van der Waals surface area contributed by atoms with E-state index in [-0.39, 0.29) is 23.7 Å². The van der Waals surface area contributed by atoms with Gasteiger partial charge in [-0.05, 0) is 63.8 Å². The van der Waals surface area contributed by atoms with Crippen LogP contribution in [0.5, 0.6) is 0 Å².